The van der Waals surface area contributed by atoms with Crippen LogP contribution in [0.25, 0.3) is 11.1 Å². The van der Waals surface area contributed by atoms with Crippen LogP contribution in [0.3, 0.4) is 0 Å². The van der Waals surface area contributed by atoms with Crippen LogP contribution in [-0.2, 0) is 0 Å². The normalized spacial score (nSPS) is 11.5. The van der Waals surface area contributed by atoms with Crippen LogP contribution in [-0.4, -0.2) is 5.71 Å². The molecule has 0 spiro atoms. The molecular weight excluding hydrogens is 266 g/mol. The van der Waals surface area contributed by atoms with Crippen molar-refractivity contribution in [2.75, 3.05) is 0 Å². The third kappa shape index (κ3) is 3.15. The van der Waals surface area contributed by atoms with E-state index in [0.717, 1.165) is 11.4 Å². The molecule has 0 bridgehead atoms. The van der Waals surface area contributed by atoms with Gasteiger partial charge >= 0.3 is 0 Å². The van der Waals surface area contributed by atoms with E-state index in [9.17, 15) is 0 Å². The van der Waals surface area contributed by atoms with Gasteiger partial charge in [0.2, 0.25) is 0 Å². The topological polar surface area (TPSA) is 12.4 Å². The van der Waals surface area contributed by atoms with Gasteiger partial charge < -0.3 is 0 Å². The molecule has 0 atom stereocenters. The molecule has 0 radical (unpaired) electrons. The first-order chi connectivity index (χ1) is 10.7. The zero-order chi connectivity index (χ0) is 15.4. The van der Waals surface area contributed by atoms with Crippen LogP contribution in [0.2, 0.25) is 0 Å². The van der Waals surface area contributed by atoms with Gasteiger partial charge in [0.15, 0.2) is 0 Å². The largest absolute Gasteiger partial charge is 0.253 e. The Kier molecular flexibility index (Phi) is 4.15. The molecule has 0 amide bonds. The predicted octanol–water partition coefficient (Wildman–Crippen LogP) is 5.80. The molecule has 0 saturated heterocycles. The number of rotatable bonds is 3. The van der Waals surface area contributed by atoms with Gasteiger partial charge in [0.1, 0.15) is 0 Å². The molecule has 0 aliphatic rings. The van der Waals surface area contributed by atoms with E-state index in [1.165, 1.54) is 22.3 Å². The number of hydrogen-bond donors (Lipinski definition) is 0. The first-order valence-corrected chi connectivity index (χ1v) is 7.51. The Labute approximate surface area is 132 Å². The van der Waals surface area contributed by atoms with Crippen molar-refractivity contribution < 1.29 is 0 Å². The fourth-order valence-corrected chi connectivity index (χ4v) is 2.54. The van der Waals surface area contributed by atoms with Crippen LogP contribution in [0.4, 0.5) is 5.69 Å². The highest BCUT2D eigenvalue weighted by Crippen LogP contribution is 2.25. The van der Waals surface area contributed by atoms with Gasteiger partial charge in [-0.2, -0.15) is 0 Å². The molecule has 0 aliphatic carbocycles. The summed E-state index contributed by atoms with van der Waals surface area (Å²) in [5.74, 6) is 0. The van der Waals surface area contributed by atoms with Gasteiger partial charge in [0.25, 0.3) is 0 Å². The maximum absolute atomic E-state index is 4.77. The van der Waals surface area contributed by atoms with Crippen LogP contribution < -0.4 is 0 Å². The second-order valence-electron chi connectivity index (χ2n) is 5.44. The van der Waals surface area contributed by atoms with E-state index in [2.05, 4.69) is 86.6 Å². The van der Waals surface area contributed by atoms with Gasteiger partial charge in [0, 0.05) is 11.3 Å². The van der Waals surface area contributed by atoms with Crippen molar-refractivity contribution in [1.29, 1.82) is 0 Å². The van der Waals surface area contributed by atoms with Crippen molar-refractivity contribution in [3.8, 4) is 11.1 Å². The lowest BCUT2D eigenvalue weighted by Crippen LogP contribution is -1.97. The second-order valence-corrected chi connectivity index (χ2v) is 5.44. The van der Waals surface area contributed by atoms with E-state index in [1.807, 2.05) is 6.07 Å². The molecule has 0 fully saturated rings. The van der Waals surface area contributed by atoms with Crippen molar-refractivity contribution in [3.05, 3.63) is 90.0 Å². The lowest BCUT2D eigenvalue weighted by Gasteiger charge is -2.09. The maximum atomic E-state index is 4.77. The van der Waals surface area contributed by atoms with E-state index < -0.39 is 0 Å². The van der Waals surface area contributed by atoms with Gasteiger partial charge in [-0.3, -0.25) is 4.99 Å². The van der Waals surface area contributed by atoms with Crippen LogP contribution >= 0.6 is 0 Å². The van der Waals surface area contributed by atoms with Crippen LogP contribution in [0.5, 0.6) is 0 Å². The molecule has 0 N–H and O–H groups in total. The molecule has 108 valence electrons. The molecule has 0 aromatic heterocycles. The summed E-state index contributed by atoms with van der Waals surface area (Å²) in [6, 6.07) is 27.2. The average molecular weight is 285 g/mol. The first-order valence-electron chi connectivity index (χ1n) is 7.51. The molecular formula is C21H19N. The standard InChI is InChI=1S/C21H19N/c1-16-12-14-19(15-13-16)22-17(2)20-10-6-7-11-21(20)18-8-4-3-5-9-18/h3-15H,1-2H3. The summed E-state index contributed by atoms with van der Waals surface area (Å²) in [6.07, 6.45) is 0. The zero-order valence-corrected chi connectivity index (χ0v) is 13.0. The van der Waals surface area contributed by atoms with E-state index in [0.29, 0.717) is 0 Å². The Hall–Kier alpha value is -2.67. The number of aryl methyl sites for hydroxylation is 1. The third-order valence-electron chi connectivity index (χ3n) is 3.73. The lowest BCUT2D eigenvalue weighted by molar-refractivity contribution is 1.42. The minimum atomic E-state index is 0.992. The molecule has 3 aromatic carbocycles. The molecule has 0 unspecified atom stereocenters. The summed E-state index contributed by atoms with van der Waals surface area (Å²) in [6.45, 7) is 4.16. The maximum Gasteiger partial charge on any atom is 0.0633 e. The number of benzene rings is 3. The fraction of sp³-hybridized carbons (Fsp3) is 0.0952. The molecule has 1 heteroatoms. The predicted molar refractivity (Wildman–Crippen MR) is 94.9 cm³/mol. The van der Waals surface area contributed by atoms with Crippen LogP contribution in [0.1, 0.15) is 18.1 Å². The van der Waals surface area contributed by atoms with Gasteiger partial charge in [-0.05, 0) is 37.1 Å². The Morgan fingerprint density at radius 3 is 2.09 bits per heavy atom. The van der Waals surface area contributed by atoms with Crippen LogP contribution in [0.15, 0.2) is 83.9 Å². The Balaban J connectivity index is 2.03. The van der Waals surface area contributed by atoms with E-state index >= 15 is 0 Å². The quantitative estimate of drug-likeness (QED) is 0.539. The monoisotopic (exact) mass is 285 g/mol. The smallest absolute Gasteiger partial charge is 0.0633 e. The summed E-state index contributed by atoms with van der Waals surface area (Å²) in [5, 5.41) is 0. The van der Waals surface area contributed by atoms with Gasteiger partial charge in [-0.1, -0.05) is 72.3 Å². The lowest BCUT2D eigenvalue weighted by atomic mass is 9.97. The van der Waals surface area contributed by atoms with Crippen molar-refractivity contribution >= 4 is 11.4 Å². The SMILES string of the molecule is CC(=Nc1ccc(C)cc1)c1ccccc1-c1ccccc1. The third-order valence-corrected chi connectivity index (χ3v) is 3.73. The molecule has 0 heterocycles. The number of nitrogens with zero attached hydrogens (tertiary/aromatic N) is 1. The van der Waals surface area contributed by atoms with Crippen molar-refractivity contribution in [3.63, 3.8) is 0 Å². The highest BCUT2D eigenvalue weighted by molar-refractivity contribution is 6.05. The van der Waals surface area contributed by atoms with Gasteiger partial charge in [-0.15, -0.1) is 0 Å². The molecule has 3 rings (SSSR count). The molecule has 0 aliphatic heterocycles. The van der Waals surface area contributed by atoms with Crippen molar-refractivity contribution in [1.82, 2.24) is 0 Å². The van der Waals surface area contributed by atoms with E-state index in [-0.39, 0.29) is 0 Å². The average Bonchev–Trinajstić information content (AvgIpc) is 2.58. The van der Waals surface area contributed by atoms with E-state index in [4.69, 9.17) is 4.99 Å². The van der Waals surface area contributed by atoms with Crippen molar-refractivity contribution in [2.24, 2.45) is 4.99 Å². The molecule has 0 saturated carbocycles. The number of hydrogen-bond acceptors (Lipinski definition) is 1. The number of aliphatic imine (C=N–C) groups is 1. The Bertz CT molecular complexity index is 784. The summed E-state index contributed by atoms with van der Waals surface area (Å²) in [5.41, 5.74) is 6.89. The summed E-state index contributed by atoms with van der Waals surface area (Å²) in [4.78, 5) is 4.77. The Morgan fingerprint density at radius 1 is 0.727 bits per heavy atom. The van der Waals surface area contributed by atoms with E-state index in [1.54, 1.807) is 0 Å². The molecule has 1 nitrogen and oxygen atoms in total. The fourth-order valence-electron chi connectivity index (χ4n) is 2.54. The zero-order valence-electron chi connectivity index (χ0n) is 13.0. The highest BCUT2D eigenvalue weighted by atomic mass is 14.7. The van der Waals surface area contributed by atoms with Gasteiger partial charge in [0.05, 0.1) is 5.69 Å². The Morgan fingerprint density at radius 2 is 1.36 bits per heavy atom. The minimum Gasteiger partial charge on any atom is -0.253 e. The van der Waals surface area contributed by atoms with Gasteiger partial charge in [-0.25, -0.2) is 0 Å². The first kappa shape index (κ1) is 14.3. The summed E-state index contributed by atoms with van der Waals surface area (Å²) < 4.78 is 0. The molecule has 3 aromatic rings. The van der Waals surface area contributed by atoms with Crippen LogP contribution in [0, 0.1) is 6.92 Å². The molecule has 22 heavy (non-hydrogen) atoms. The summed E-state index contributed by atoms with van der Waals surface area (Å²) >= 11 is 0. The highest BCUT2D eigenvalue weighted by Gasteiger charge is 2.06. The second kappa shape index (κ2) is 6.40. The summed E-state index contributed by atoms with van der Waals surface area (Å²) in [7, 11) is 0. The van der Waals surface area contributed by atoms with Crippen molar-refractivity contribution in [2.45, 2.75) is 13.8 Å². The minimum absolute atomic E-state index is 0.992.